The van der Waals surface area contributed by atoms with Crippen molar-refractivity contribution < 1.29 is 9.53 Å². The Balaban J connectivity index is 1.50. The van der Waals surface area contributed by atoms with Crippen molar-refractivity contribution in [1.29, 1.82) is 0 Å². The number of ether oxygens (including phenoxy) is 1. The number of hydrogen-bond acceptors (Lipinski definition) is 5. The van der Waals surface area contributed by atoms with Crippen molar-refractivity contribution in [3.05, 3.63) is 22.5 Å². The number of amides is 1. The molecular weight excluding hydrogens is 328 g/mol. The van der Waals surface area contributed by atoms with Crippen molar-refractivity contribution in [3.8, 4) is 5.75 Å². The van der Waals surface area contributed by atoms with Crippen LogP contribution in [-0.4, -0.2) is 24.0 Å². The quantitative estimate of drug-likeness (QED) is 0.756. The molecule has 1 aliphatic rings. The molecular formula is C17H18N2O2S2. The Morgan fingerprint density at radius 3 is 3.13 bits per heavy atom. The van der Waals surface area contributed by atoms with Gasteiger partial charge < -0.3 is 10.1 Å². The van der Waals surface area contributed by atoms with Gasteiger partial charge in [-0.1, -0.05) is 6.42 Å². The van der Waals surface area contributed by atoms with Gasteiger partial charge in [0.1, 0.15) is 5.75 Å². The molecule has 1 N–H and O–H groups in total. The van der Waals surface area contributed by atoms with Gasteiger partial charge in [0.25, 0.3) is 5.91 Å². The van der Waals surface area contributed by atoms with E-state index in [1.165, 1.54) is 19.3 Å². The number of nitrogens with one attached hydrogen (secondary N) is 1. The van der Waals surface area contributed by atoms with Crippen LogP contribution in [0.5, 0.6) is 5.75 Å². The minimum Gasteiger partial charge on any atom is -0.483 e. The van der Waals surface area contributed by atoms with Crippen molar-refractivity contribution >= 4 is 48.9 Å². The lowest BCUT2D eigenvalue weighted by Gasteiger charge is -2.25. The van der Waals surface area contributed by atoms with Gasteiger partial charge in [0.2, 0.25) is 0 Å². The van der Waals surface area contributed by atoms with Crippen LogP contribution in [0.4, 0.5) is 0 Å². The summed E-state index contributed by atoms with van der Waals surface area (Å²) in [4.78, 5) is 16.6. The molecule has 1 amide bonds. The molecule has 1 aromatic carbocycles. The number of fused-ring (bicyclic) bond motifs is 3. The monoisotopic (exact) mass is 346 g/mol. The number of hydrogen-bond donors (Lipinski definition) is 1. The fourth-order valence-corrected chi connectivity index (χ4v) is 4.69. The summed E-state index contributed by atoms with van der Waals surface area (Å²) in [6, 6.07) is 4.05. The van der Waals surface area contributed by atoms with E-state index in [1.807, 2.05) is 24.4 Å². The number of thiazole rings is 1. The molecule has 0 aliphatic heterocycles. The third-order valence-electron chi connectivity index (χ3n) is 4.34. The zero-order valence-corrected chi connectivity index (χ0v) is 14.6. The van der Waals surface area contributed by atoms with Crippen LogP contribution in [0.1, 0.15) is 24.3 Å². The van der Waals surface area contributed by atoms with Gasteiger partial charge in [0, 0.05) is 18.0 Å². The highest BCUT2D eigenvalue weighted by Gasteiger charge is 2.18. The van der Waals surface area contributed by atoms with Crippen LogP contribution in [0.25, 0.3) is 20.3 Å². The van der Waals surface area contributed by atoms with E-state index >= 15 is 0 Å². The van der Waals surface area contributed by atoms with Gasteiger partial charge in [-0.05, 0) is 37.1 Å². The van der Waals surface area contributed by atoms with Gasteiger partial charge in [-0.15, -0.1) is 22.7 Å². The average Bonchev–Trinajstić information content (AvgIpc) is 3.08. The van der Waals surface area contributed by atoms with Crippen LogP contribution in [0.15, 0.2) is 17.5 Å². The number of aryl methyl sites for hydroxylation is 1. The topological polar surface area (TPSA) is 51.2 Å². The first-order valence-electron chi connectivity index (χ1n) is 7.87. The zero-order chi connectivity index (χ0) is 15.8. The van der Waals surface area contributed by atoms with Crippen LogP contribution in [0.2, 0.25) is 0 Å². The summed E-state index contributed by atoms with van der Waals surface area (Å²) in [6.45, 7) is 2.86. The molecule has 0 saturated heterocycles. The lowest BCUT2D eigenvalue weighted by atomic mass is 9.85. The summed E-state index contributed by atoms with van der Waals surface area (Å²) in [6.07, 6.45) is 3.76. The van der Waals surface area contributed by atoms with Gasteiger partial charge in [-0.3, -0.25) is 4.79 Å². The van der Waals surface area contributed by atoms with Crippen molar-refractivity contribution in [2.75, 3.05) is 13.2 Å². The Morgan fingerprint density at radius 1 is 1.48 bits per heavy atom. The molecule has 0 radical (unpaired) electrons. The van der Waals surface area contributed by atoms with Crippen LogP contribution >= 0.6 is 22.7 Å². The van der Waals surface area contributed by atoms with Crippen LogP contribution < -0.4 is 10.1 Å². The minimum atomic E-state index is -0.0409. The highest BCUT2D eigenvalue weighted by molar-refractivity contribution is 7.21. The van der Waals surface area contributed by atoms with Crippen molar-refractivity contribution in [3.63, 3.8) is 0 Å². The molecule has 4 rings (SSSR count). The molecule has 0 unspecified atom stereocenters. The number of rotatable bonds is 5. The second-order valence-electron chi connectivity index (χ2n) is 6.01. The van der Waals surface area contributed by atoms with Crippen molar-refractivity contribution in [1.82, 2.24) is 10.3 Å². The third-order valence-corrected chi connectivity index (χ3v) is 6.18. The summed E-state index contributed by atoms with van der Waals surface area (Å²) < 4.78 is 8.06. The predicted octanol–water partition coefficient (Wildman–Crippen LogP) is 4.11. The standard InChI is InChI=1S/C17H18N2O2S2/c1-10-19-16-14(23-10)7-13(12-5-6-22-17(12)16)21-9-15(20)18-8-11-3-2-4-11/h5-7,11H,2-4,8-9H2,1H3,(H,18,20). The molecule has 1 saturated carbocycles. The minimum absolute atomic E-state index is 0.0409. The molecule has 1 aliphatic carbocycles. The first-order valence-corrected chi connectivity index (χ1v) is 9.57. The second-order valence-corrected chi connectivity index (χ2v) is 8.16. The Labute approximate surface area is 142 Å². The van der Waals surface area contributed by atoms with E-state index in [0.29, 0.717) is 5.92 Å². The molecule has 0 spiro atoms. The Hall–Kier alpha value is -1.66. The molecule has 0 atom stereocenters. The lowest BCUT2D eigenvalue weighted by molar-refractivity contribution is -0.123. The normalized spacial score (nSPS) is 15.0. The maximum absolute atomic E-state index is 12.0. The first kappa shape index (κ1) is 14.9. The smallest absolute Gasteiger partial charge is 0.257 e. The molecule has 6 heteroatoms. The van der Waals surface area contributed by atoms with Gasteiger partial charge in [0.15, 0.2) is 6.61 Å². The SMILES string of the molecule is Cc1nc2c(cc(OCC(=O)NCC3CCC3)c3ccsc32)s1. The molecule has 2 heterocycles. The van der Waals surface area contributed by atoms with Gasteiger partial charge in [0.05, 0.1) is 19.9 Å². The zero-order valence-electron chi connectivity index (χ0n) is 12.9. The molecule has 3 aromatic rings. The third kappa shape index (κ3) is 2.93. The number of carbonyl (C=O) groups is 1. The molecule has 4 nitrogen and oxygen atoms in total. The predicted molar refractivity (Wildman–Crippen MR) is 95.6 cm³/mol. The fraction of sp³-hybridized carbons (Fsp3) is 0.412. The van der Waals surface area contributed by atoms with E-state index < -0.39 is 0 Å². The highest BCUT2D eigenvalue weighted by atomic mass is 32.1. The van der Waals surface area contributed by atoms with Gasteiger partial charge in [-0.25, -0.2) is 4.98 Å². The first-order chi connectivity index (χ1) is 11.2. The lowest BCUT2D eigenvalue weighted by Crippen LogP contribution is -2.35. The van der Waals surface area contributed by atoms with Crippen LogP contribution in [-0.2, 0) is 4.79 Å². The van der Waals surface area contributed by atoms with Gasteiger partial charge >= 0.3 is 0 Å². The van der Waals surface area contributed by atoms with E-state index in [-0.39, 0.29) is 12.5 Å². The maximum Gasteiger partial charge on any atom is 0.257 e. The van der Waals surface area contributed by atoms with Crippen molar-refractivity contribution in [2.45, 2.75) is 26.2 Å². The number of carbonyl (C=O) groups excluding carboxylic acids is 1. The van der Waals surface area contributed by atoms with E-state index in [2.05, 4.69) is 10.3 Å². The van der Waals surface area contributed by atoms with Gasteiger partial charge in [-0.2, -0.15) is 0 Å². The van der Waals surface area contributed by atoms with E-state index in [4.69, 9.17) is 4.74 Å². The summed E-state index contributed by atoms with van der Waals surface area (Å²) in [5, 5.41) is 7.10. The number of aromatic nitrogens is 1. The Kier molecular flexibility index (Phi) is 3.95. The van der Waals surface area contributed by atoms with E-state index in [0.717, 1.165) is 37.6 Å². The summed E-state index contributed by atoms with van der Waals surface area (Å²) >= 11 is 3.33. The highest BCUT2D eigenvalue weighted by Crippen LogP contribution is 2.38. The van der Waals surface area contributed by atoms with Crippen molar-refractivity contribution in [2.24, 2.45) is 5.92 Å². The maximum atomic E-state index is 12.0. The molecule has 23 heavy (non-hydrogen) atoms. The number of nitrogens with zero attached hydrogens (tertiary/aromatic N) is 1. The summed E-state index contributed by atoms with van der Waals surface area (Å²) in [5.41, 5.74) is 1.04. The summed E-state index contributed by atoms with van der Waals surface area (Å²) in [7, 11) is 0. The number of thiophene rings is 1. The van der Waals surface area contributed by atoms with E-state index in [9.17, 15) is 4.79 Å². The van der Waals surface area contributed by atoms with Crippen LogP contribution in [0.3, 0.4) is 0 Å². The summed E-state index contributed by atoms with van der Waals surface area (Å²) in [5.74, 6) is 1.40. The van der Waals surface area contributed by atoms with E-state index in [1.54, 1.807) is 22.7 Å². The molecule has 120 valence electrons. The number of benzene rings is 1. The molecule has 0 bridgehead atoms. The fourth-order valence-electron chi connectivity index (χ4n) is 2.86. The Bertz CT molecular complexity index is 864. The Morgan fingerprint density at radius 2 is 2.35 bits per heavy atom. The average molecular weight is 346 g/mol. The van der Waals surface area contributed by atoms with Crippen LogP contribution in [0, 0.1) is 12.8 Å². The largest absolute Gasteiger partial charge is 0.483 e. The second kappa shape index (κ2) is 6.09. The molecule has 1 fully saturated rings. The molecule has 2 aromatic heterocycles.